The monoisotopic (exact) mass is 458 g/mol. The van der Waals surface area contributed by atoms with Gasteiger partial charge in [-0.1, -0.05) is 23.8 Å². The molecule has 0 aliphatic heterocycles. The maximum absolute atomic E-state index is 13.5. The average Bonchev–Trinajstić information content (AvgIpc) is 2.77. The Balaban J connectivity index is 2.03. The third-order valence-corrected chi connectivity index (χ3v) is 6.43. The van der Waals surface area contributed by atoms with Crippen LogP contribution in [-0.4, -0.2) is 35.1 Å². The molecular formula is C23H23FN2O5S. The number of sulfonamides is 1. The molecule has 0 atom stereocenters. The molecule has 9 heteroatoms. The van der Waals surface area contributed by atoms with Gasteiger partial charge in [0.05, 0.1) is 24.8 Å². The first kappa shape index (κ1) is 23.1. The van der Waals surface area contributed by atoms with Crippen LogP contribution in [0.15, 0.2) is 71.6 Å². The Morgan fingerprint density at radius 1 is 1.00 bits per heavy atom. The highest BCUT2D eigenvalue weighted by molar-refractivity contribution is 7.92. The predicted octanol–water partition coefficient (Wildman–Crippen LogP) is 3.99. The van der Waals surface area contributed by atoms with Gasteiger partial charge < -0.3 is 14.8 Å². The molecule has 7 nitrogen and oxygen atoms in total. The molecule has 3 aromatic carbocycles. The fourth-order valence-corrected chi connectivity index (χ4v) is 4.46. The predicted molar refractivity (Wildman–Crippen MR) is 120 cm³/mol. The maximum Gasteiger partial charge on any atom is 0.264 e. The van der Waals surface area contributed by atoms with E-state index in [0.29, 0.717) is 5.75 Å². The van der Waals surface area contributed by atoms with Crippen LogP contribution in [0.25, 0.3) is 0 Å². The smallest absolute Gasteiger partial charge is 0.264 e. The second-order valence-corrected chi connectivity index (χ2v) is 8.78. The van der Waals surface area contributed by atoms with E-state index in [2.05, 4.69) is 5.32 Å². The van der Waals surface area contributed by atoms with Crippen molar-refractivity contribution in [3.63, 3.8) is 0 Å². The lowest BCUT2D eigenvalue weighted by Gasteiger charge is -2.26. The van der Waals surface area contributed by atoms with E-state index >= 15 is 0 Å². The van der Waals surface area contributed by atoms with Crippen molar-refractivity contribution < 1.29 is 27.1 Å². The van der Waals surface area contributed by atoms with Crippen LogP contribution >= 0.6 is 0 Å². The number of nitrogens with zero attached hydrogens (tertiary/aromatic N) is 1. The van der Waals surface area contributed by atoms with E-state index in [4.69, 9.17) is 9.47 Å². The standard InChI is InChI=1S/C23H23FN2O5S/c1-16-7-10-20(11-8-16)32(28,29)26(21-12-9-19(30-2)14-22(21)31-3)15-23(27)25-18-6-4-5-17(24)13-18/h4-14H,15H2,1-3H3,(H,25,27). The lowest BCUT2D eigenvalue weighted by molar-refractivity contribution is -0.114. The number of nitrogens with one attached hydrogen (secondary N) is 1. The summed E-state index contributed by atoms with van der Waals surface area (Å²) in [5, 5.41) is 2.53. The largest absolute Gasteiger partial charge is 0.497 e. The zero-order valence-corrected chi connectivity index (χ0v) is 18.6. The van der Waals surface area contributed by atoms with Gasteiger partial charge in [-0.15, -0.1) is 0 Å². The molecule has 0 saturated carbocycles. The summed E-state index contributed by atoms with van der Waals surface area (Å²) in [5.74, 6) is -0.506. The average molecular weight is 459 g/mol. The third kappa shape index (κ3) is 5.17. The zero-order chi connectivity index (χ0) is 23.3. The van der Waals surface area contributed by atoms with E-state index in [-0.39, 0.29) is 22.0 Å². The molecule has 0 fully saturated rings. The molecule has 0 aliphatic carbocycles. The normalized spacial score (nSPS) is 11.0. The third-order valence-electron chi connectivity index (χ3n) is 4.66. The molecule has 1 amide bonds. The van der Waals surface area contributed by atoms with Crippen LogP contribution in [0.2, 0.25) is 0 Å². The van der Waals surface area contributed by atoms with Crippen molar-refractivity contribution in [3.8, 4) is 11.5 Å². The summed E-state index contributed by atoms with van der Waals surface area (Å²) in [6, 6.07) is 16.2. The number of hydrogen-bond acceptors (Lipinski definition) is 5. The highest BCUT2D eigenvalue weighted by Crippen LogP contribution is 2.35. The fraction of sp³-hybridized carbons (Fsp3) is 0.174. The SMILES string of the molecule is COc1ccc(N(CC(=O)Nc2cccc(F)c2)S(=O)(=O)c2ccc(C)cc2)c(OC)c1. The van der Waals surface area contributed by atoms with Crippen LogP contribution in [-0.2, 0) is 14.8 Å². The minimum absolute atomic E-state index is 0.0135. The van der Waals surface area contributed by atoms with Gasteiger partial charge in [0.2, 0.25) is 5.91 Å². The second kappa shape index (κ2) is 9.69. The Hall–Kier alpha value is -3.59. The van der Waals surface area contributed by atoms with Crippen LogP contribution < -0.4 is 19.1 Å². The minimum atomic E-state index is -4.14. The summed E-state index contributed by atoms with van der Waals surface area (Å²) in [6.45, 7) is 1.28. The quantitative estimate of drug-likeness (QED) is 0.552. The number of carbonyl (C=O) groups excluding carboxylic acids is 1. The number of carbonyl (C=O) groups is 1. The van der Waals surface area contributed by atoms with Gasteiger partial charge in [-0.3, -0.25) is 9.10 Å². The molecule has 0 saturated heterocycles. The highest BCUT2D eigenvalue weighted by Gasteiger charge is 2.29. The number of rotatable bonds is 8. The van der Waals surface area contributed by atoms with E-state index in [1.54, 1.807) is 18.2 Å². The Bertz CT molecular complexity index is 1210. The van der Waals surface area contributed by atoms with E-state index in [1.807, 2.05) is 6.92 Å². The first-order chi connectivity index (χ1) is 15.2. The van der Waals surface area contributed by atoms with Crippen LogP contribution in [0, 0.1) is 12.7 Å². The fourth-order valence-electron chi connectivity index (χ4n) is 3.03. The molecule has 0 spiro atoms. The molecule has 1 N–H and O–H groups in total. The van der Waals surface area contributed by atoms with Crippen molar-refractivity contribution in [2.24, 2.45) is 0 Å². The van der Waals surface area contributed by atoms with Gasteiger partial charge in [0.1, 0.15) is 23.9 Å². The molecule has 168 valence electrons. The van der Waals surface area contributed by atoms with Crippen LogP contribution in [0.3, 0.4) is 0 Å². The summed E-state index contributed by atoms with van der Waals surface area (Å²) in [4.78, 5) is 12.8. The molecule has 0 aromatic heterocycles. The van der Waals surface area contributed by atoms with Gasteiger partial charge >= 0.3 is 0 Å². The molecule has 0 radical (unpaired) electrons. The summed E-state index contributed by atoms with van der Waals surface area (Å²) in [6.07, 6.45) is 0. The van der Waals surface area contributed by atoms with Gasteiger partial charge in [-0.05, 0) is 49.4 Å². The number of methoxy groups -OCH3 is 2. The molecule has 0 bridgehead atoms. The van der Waals surface area contributed by atoms with E-state index in [0.717, 1.165) is 15.9 Å². The Kier molecular flexibility index (Phi) is 6.99. The van der Waals surface area contributed by atoms with E-state index < -0.39 is 28.3 Å². The molecule has 0 aliphatic rings. The van der Waals surface area contributed by atoms with Gasteiger partial charge in [0, 0.05) is 11.8 Å². The minimum Gasteiger partial charge on any atom is -0.497 e. The van der Waals surface area contributed by atoms with Crippen molar-refractivity contribution in [1.29, 1.82) is 0 Å². The summed E-state index contributed by atoms with van der Waals surface area (Å²) in [7, 11) is -1.28. The summed E-state index contributed by atoms with van der Waals surface area (Å²) < 4.78 is 52.0. The molecule has 0 unspecified atom stereocenters. The summed E-state index contributed by atoms with van der Waals surface area (Å²) in [5.41, 5.74) is 1.26. The number of ether oxygens (including phenoxy) is 2. The van der Waals surface area contributed by atoms with E-state index in [1.165, 1.54) is 56.7 Å². The molecule has 32 heavy (non-hydrogen) atoms. The topological polar surface area (TPSA) is 84.9 Å². The first-order valence-corrected chi connectivity index (χ1v) is 11.1. The Labute approximate surface area is 186 Å². The van der Waals surface area contributed by atoms with Gasteiger partial charge in [0.25, 0.3) is 10.0 Å². The number of halogens is 1. The van der Waals surface area contributed by atoms with Crippen molar-refractivity contribution >= 4 is 27.3 Å². The number of aryl methyl sites for hydroxylation is 1. The molecule has 0 heterocycles. The molecule has 3 rings (SSSR count). The summed E-state index contributed by atoms with van der Waals surface area (Å²) >= 11 is 0. The van der Waals surface area contributed by atoms with Gasteiger partial charge in [-0.2, -0.15) is 0 Å². The second-order valence-electron chi connectivity index (χ2n) is 6.92. The molecule has 3 aromatic rings. The van der Waals surface area contributed by atoms with E-state index in [9.17, 15) is 17.6 Å². The zero-order valence-electron chi connectivity index (χ0n) is 17.8. The lowest BCUT2D eigenvalue weighted by Crippen LogP contribution is -2.38. The van der Waals surface area contributed by atoms with Crippen molar-refractivity contribution in [2.75, 3.05) is 30.4 Å². The van der Waals surface area contributed by atoms with Crippen LogP contribution in [0.4, 0.5) is 15.8 Å². The van der Waals surface area contributed by atoms with Gasteiger partial charge in [0.15, 0.2) is 0 Å². The highest BCUT2D eigenvalue weighted by atomic mass is 32.2. The number of amides is 1. The number of hydrogen-bond donors (Lipinski definition) is 1. The van der Waals surface area contributed by atoms with Crippen molar-refractivity contribution in [1.82, 2.24) is 0 Å². The van der Waals surface area contributed by atoms with Gasteiger partial charge in [-0.25, -0.2) is 12.8 Å². The number of benzene rings is 3. The maximum atomic E-state index is 13.5. The first-order valence-electron chi connectivity index (χ1n) is 9.61. The lowest BCUT2D eigenvalue weighted by atomic mass is 10.2. The molecular weight excluding hydrogens is 435 g/mol. The van der Waals surface area contributed by atoms with Crippen LogP contribution in [0.5, 0.6) is 11.5 Å². The van der Waals surface area contributed by atoms with Crippen molar-refractivity contribution in [2.45, 2.75) is 11.8 Å². The van der Waals surface area contributed by atoms with Crippen LogP contribution in [0.1, 0.15) is 5.56 Å². The Morgan fingerprint density at radius 2 is 1.72 bits per heavy atom. The van der Waals surface area contributed by atoms with Crippen molar-refractivity contribution in [3.05, 3.63) is 78.1 Å². The number of anilines is 2. The Morgan fingerprint density at radius 3 is 2.34 bits per heavy atom.